The summed E-state index contributed by atoms with van der Waals surface area (Å²) >= 11 is 3.62. The number of rotatable bonds is 8. The maximum absolute atomic E-state index is 12.1. The van der Waals surface area contributed by atoms with Gasteiger partial charge in [0.2, 0.25) is 5.91 Å². The summed E-state index contributed by atoms with van der Waals surface area (Å²) in [5.74, 6) is 2.69. The predicted octanol–water partition coefficient (Wildman–Crippen LogP) is 4.21. The first-order valence-corrected chi connectivity index (χ1v) is 11.0. The fourth-order valence-corrected chi connectivity index (χ4v) is 5.56. The van der Waals surface area contributed by atoms with Crippen LogP contribution >= 0.6 is 23.5 Å². The number of carbonyl (C=O) groups is 1. The van der Waals surface area contributed by atoms with Crippen molar-refractivity contribution in [2.24, 2.45) is 5.10 Å². The molecule has 2 aromatic rings. The lowest BCUT2D eigenvalue weighted by Crippen LogP contribution is -2.26. The van der Waals surface area contributed by atoms with Gasteiger partial charge in [-0.25, -0.2) is 5.43 Å². The smallest absolute Gasteiger partial charge is 0.269 e. The lowest BCUT2D eigenvalue weighted by atomic mass is 10.2. The van der Waals surface area contributed by atoms with E-state index in [1.165, 1.54) is 12.1 Å². The van der Waals surface area contributed by atoms with Crippen molar-refractivity contribution in [3.8, 4) is 5.75 Å². The molecule has 1 aliphatic heterocycles. The summed E-state index contributed by atoms with van der Waals surface area (Å²) in [4.78, 5) is 22.3. The fraction of sp³-hybridized carbons (Fsp3) is 0.300. The molecule has 0 atom stereocenters. The van der Waals surface area contributed by atoms with Crippen molar-refractivity contribution >= 4 is 41.3 Å². The summed E-state index contributed by atoms with van der Waals surface area (Å²) in [5, 5.41) is 14.7. The highest BCUT2D eigenvalue weighted by Gasteiger charge is 2.32. The number of ether oxygens (including phenoxy) is 1. The highest BCUT2D eigenvalue weighted by molar-refractivity contribution is 8.21. The zero-order chi connectivity index (χ0) is 20.7. The maximum Gasteiger partial charge on any atom is 0.269 e. The minimum absolute atomic E-state index is 0.0492. The van der Waals surface area contributed by atoms with E-state index in [1.807, 2.05) is 47.8 Å². The van der Waals surface area contributed by atoms with Crippen LogP contribution in [0.25, 0.3) is 0 Å². The predicted molar refractivity (Wildman–Crippen MR) is 118 cm³/mol. The Balaban J connectivity index is 1.50. The van der Waals surface area contributed by atoms with Gasteiger partial charge in [-0.05, 0) is 42.3 Å². The van der Waals surface area contributed by atoms with Crippen LogP contribution in [0.1, 0.15) is 24.5 Å². The molecule has 9 heteroatoms. The molecule has 0 radical (unpaired) electrons. The van der Waals surface area contributed by atoms with Crippen molar-refractivity contribution in [3.63, 3.8) is 0 Å². The number of thioether (sulfide) groups is 2. The van der Waals surface area contributed by atoms with Crippen LogP contribution < -0.4 is 10.2 Å². The summed E-state index contributed by atoms with van der Waals surface area (Å²) in [7, 11) is 0. The first-order chi connectivity index (χ1) is 13.9. The first-order valence-electron chi connectivity index (χ1n) is 9.00. The number of benzene rings is 2. The third-order valence-electron chi connectivity index (χ3n) is 4.19. The Bertz CT molecular complexity index is 897. The Labute approximate surface area is 177 Å². The normalized spacial score (nSPS) is 15.3. The van der Waals surface area contributed by atoms with Crippen molar-refractivity contribution in [3.05, 3.63) is 69.8 Å². The van der Waals surface area contributed by atoms with Gasteiger partial charge in [0, 0.05) is 23.6 Å². The zero-order valence-electron chi connectivity index (χ0n) is 15.9. The zero-order valence-corrected chi connectivity index (χ0v) is 17.5. The molecule has 7 nitrogen and oxygen atoms in total. The monoisotopic (exact) mass is 431 g/mol. The second-order valence-electron chi connectivity index (χ2n) is 6.59. The molecule has 0 unspecified atom stereocenters. The number of nitrogens with one attached hydrogen (secondary N) is 1. The van der Waals surface area contributed by atoms with Crippen LogP contribution in [0.4, 0.5) is 5.69 Å². The number of nitro benzene ring substituents is 1. The van der Waals surface area contributed by atoms with Crippen LogP contribution in [-0.4, -0.2) is 32.6 Å². The Morgan fingerprint density at radius 1 is 1.28 bits per heavy atom. The quantitative estimate of drug-likeness (QED) is 0.382. The third-order valence-corrected chi connectivity index (χ3v) is 7.49. The number of amides is 1. The van der Waals surface area contributed by atoms with Crippen molar-refractivity contribution in [1.29, 1.82) is 0 Å². The van der Waals surface area contributed by atoms with Gasteiger partial charge in [-0.1, -0.05) is 12.1 Å². The molecular weight excluding hydrogens is 410 g/mol. The number of nitrogens with zero attached hydrogens (tertiary/aromatic N) is 2. The third kappa shape index (κ3) is 6.50. The van der Waals surface area contributed by atoms with Crippen LogP contribution in [0.5, 0.6) is 5.75 Å². The first kappa shape index (κ1) is 21.2. The molecular formula is C20H21N3O4S2. The summed E-state index contributed by atoms with van der Waals surface area (Å²) < 4.78 is 5.67. The molecule has 1 N–H and O–H groups in total. The van der Waals surface area contributed by atoms with E-state index < -0.39 is 4.92 Å². The maximum atomic E-state index is 12.1. The van der Waals surface area contributed by atoms with Crippen LogP contribution in [0.2, 0.25) is 0 Å². The number of hydrogen-bond acceptors (Lipinski definition) is 7. The number of carbonyl (C=O) groups excluding carboxylic acids is 1. The van der Waals surface area contributed by atoms with E-state index >= 15 is 0 Å². The van der Waals surface area contributed by atoms with Crippen LogP contribution in [-0.2, 0) is 11.4 Å². The number of hydrazone groups is 1. The molecule has 29 heavy (non-hydrogen) atoms. The largest absolute Gasteiger partial charge is 0.489 e. The van der Waals surface area contributed by atoms with Crippen molar-refractivity contribution in [1.82, 2.24) is 5.43 Å². The summed E-state index contributed by atoms with van der Waals surface area (Å²) in [6, 6.07) is 13.6. The molecule has 0 spiro atoms. The highest BCUT2D eigenvalue weighted by Crippen LogP contribution is 2.45. The van der Waals surface area contributed by atoms with Crippen molar-refractivity contribution < 1.29 is 14.5 Å². The molecule has 2 aromatic carbocycles. The molecule has 152 valence electrons. The van der Waals surface area contributed by atoms with Crippen LogP contribution in [0.3, 0.4) is 0 Å². The standard InChI is InChI=1S/C20H21N3O4S2/c1-20(28-9-10-29-20)12-19(24)22-21-13-16-3-2-4-18(11-16)27-14-15-5-7-17(8-6-15)23(25)26/h2-8,11,13H,9-10,12,14H2,1H3,(H,22,24)/b21-13+. The van der Waals surface area contributed by atoms with Gasteiger partial charge >= 0.3 is 0 Å². The molecule has 0 bridgehead atoms. The van der Waals surface area contributed by atoms with Gasteiger partial charge in [-0.15, -0.1) is 23.5 Å². The summed E-state index contributed by atoms with van der Waals surface area (Å²) in [6.45, 7) is 2.38. The number of hydrogen-bond donors (Lipinski definition) is 1. The van der Waals surface area contributed by atoms with Gasteiger partial charge in [0.05, 0.1) is 21.6 Å². The Morgan fingerprint density at radius 3 is 2.69 bits per heavy atom. The molecule has 0 aromatic heterocycles. The minimum atomic E-state index is -0.433. The minimum Gasteiger partial charge on any atom is -0.489 e. The summed E-state index contributed by atoms with van der Waals surface area (Å²) in [5.41, 5.74) is 4.26. The lowest BCUT2D eigenvalue weighted by Gasteiger charge is -2.19. The topological polar surface area (TPSA) is 93.8 Å². The van der Waals surface area contributed by atoms with E-state index in [9.17, 15) is 14.9 Å². The van der Waals surface area contributed by atoms with E-state index in [-0.39, 0.29) is 15.7 Å². The molecule has 1 aliphatic rings. The second kappa shape index (κ2) is 9.80. The molecule has 1 amide bonds. The molecule has 1 heterocycles. The second-order valence-corrected chi connectivity index (χ2v) is 10.0. The van der Waals surface area contributed by atoms with E-state index in [0.29, 0.717) is 18.8 Å². The molecule has 1 fully saturated rings. The Hall–Kier alpha value is -2.52. The highest BCUT2D eigenvalue weighted by atomic mass is 32.2. The average Bonchev–Trinajstić information content (AvgIpc) is 3.13. The van der Waals surface area contributed by atoms with E-state index in [0.717, 1.165) is 22.6 Å². The van der Waals surface area contributed by atoms with Crippen molar-refractivity contribution in [2.45, 2.75) is 24.0 Å². The molecule has 0 aliphatic carbocycles. The van der Waals surface area contributed by atoms with E-state index in [2.05, 4.69) is 17.5 Å². The summed E-state index contributed by atoms with van der Waals surface area (Å²) in [6.07, 6.45) is 2.01. The van der Waals surface area contributed by atoms with E-state index in [1.54, 1.807) is 18.3 Å². The molecule has 1 saturated heterocycles. The van der Waals surface area contributed by atoms with Gasteiger partial charge in [0.25, 0.3) is 5.69 Å². The molecule has 0 saturated carbocycles. The van der Waals surface area contributed by atoms with Crippen LogP contribution in [0.15, 0.2) is 53.6 Å². The molecule has 3 rings (SSSR count). The van der Waals surface area contributed by atoms with Gasteiger partial charge < -0.3 is 4.74 Å². The Kier molecular flexibility index (Phi) is 7.16. The van der Waals surface area contributed by atoms with Gasteiger partial charge in [-0.3, -0.25) is 14.9 Å². The Morgan fingerprint density at radius 2 is 2.00 bits per heavy atom. The van der Waals surface area contributed by atoms with Crippen molar-refractivity contribution in [2.75, 3.05) is 11.5 Å². The van der Waals surface area contributed by atoms with Crippen LogP contribution in [0, 0.1) is 10.1 Å². The number of non-ortho nitro benzene ring substituents is 1. The van der Waals surface area contributed by atoms with Gasteiger partial charge in [0.15, 0.2) is 0 Å². The average molecular weight is 432 g/mol. The number of nitro groups is 1. The van der Waals surface area contributed by atoms with E-state index in [4.69, 9.17) is 4.74 Å². The van der Waals surface area contributed by atoms with Gasteiger partial charge in [-0.2, -0.15) is 5.10 Å². The SMILES string of the molecule is CC1(CC(=O)N/N=C/c2cccc(OCc3ccc([N+](=O)[O-])cc3)c2)SCCS1. The lowest BCUT2D eigenvalue weighted by molar-refractivity contribution is -0.384. The fourth-order valence-electron chi connectivity index (χ4n) is 2.73. The van der Waals surface area contributed by atoms with Gasteiger partial charge in [0.1, 0.15) is 12.4 Å².